The topological polar surface area (TPSA) is 82.5 Å². The number of nitrogens with zero attached hydrogens (tertiary/aromatic N) is 1. The molecule has 1 N–H and O–H groups in total. The maximum absolute atomic E-state index is 11.9. The molecule has 23 heavy (non-hydrogen) atoms. The second-order valence-corrected chi connectivity index (χ2v) is 12.4. The molecule has 8 heteroatoms. The Hall–Kier alpha value is -1.22. The SMILES string of the molecule is CC(C)(C)[Si](C)(C)OC[C@H]1OC[C@@](C)(n2ccc(=O)[nH]c2=O)O1. The minimum atomic E-state index is -1.89. The molecular weight excluding hydrogens is 316 g/mol. The molecule has 1 aliphatic heterocycles. The highest BCUT2D eigenvalue weighted by molar-refractivity contribution is 6.74. The Balaban J connectivity index is 2.06. The van der Waals surface area contributed by atoms with Crippen molar-refractivity contribution in [1.29, 1.82) is 0 Å². The van der Waals surface area contributed by atoms with Gasteiger partial charge in [-0.1, -0.05) is 20.8 Å². The van der Waals surface area contributed by atoms with Crippen molar-refractivity contribution < 1.29 is 13.9 Å². The van der Waals surface area contributed by atoms with E-state index in [0.29, 0.717) is 6.61 Å². The second-order valence-electron chi connectivity index (χ2n) is 7.58. The fraction of sp³-hybridized carbons (Fsp3) is 0.733. The summed E-state index contributed by atoms with van der Waals surface area (Å²) in [5.41, 5.74) is -1.91. The lowest BCUT2D eigenvalue weighted by Gasteiger charge is -2.36. The number of nitrogens with one attached hydrogen (secondary N) is 1. The van der Waals surface area contributed by atoms with Crippen molar-refractivity contribution in [2.24, 2.45) is 0 Å². The molecule has 0 radical (unpaired) electrons. The molecule has 2 atom stereocenters. The number of aromatic amines is 1. The van der Waals surface area contributed by atoms with Crippen molar-refractivity contribution in [3.8, 4) is 0 Å². The molecule has 1 saturated heterocycles. The van der Waals surface area contributed by atoms with Crippen LogP contribution in [0.25, 0.3) is 0 Å². The van der Waals surface area contributed by atoms with Crippen LogP contribution >= 0.6 is 0 Å². The van der Waals surface area contributed by atoms with Gasteiger partial charge in [0.25, 0.3) is 5.56 Å². The molecule has 0 aromatic carbocycles. The molecule has 0 bridgehead atoms. The average Bonchev–Trinajstić information content (AvgIpc) is 2.78. The average molecular weight is 342 g/mol. The zero-order valence-corrected chi connectivity index (χ0v) is 15.6. The molecule has 2 rings (SSSR count). The van der Waals surface area contributed by atoms with Crippen LogP contribution in [0.5, 0.6) is 0 Å². The molecule has 2 heterocycles. The summed E-state index contributed by atoms with van der Waals surface area (Å²) in [6.07, 6.45) is 0.884. The van der Waals surface area contributed by atoms with Crippen LogP contribution in [-0.2, 0) is 19.6 Å². The van der Waals surface area contributed by atoms with E-state index in [-0.39, 0.29) is 11.6 Å². The first-order chi connectivity index (χ1) is 10.4. The van der Waals surface area contributed by atoms with E-state index >= 15 is 0 Å². The Kier molecular flexibility index (Phi) is 4.73. The molecule has 0 saturated carbocycles. The first kappa shape index (κ1) is 18.1. The largest absolute Gasteiger partial charge is 0.412 e. The first-order valence-electron chi connectivity index (χ1n) is 7.70. The van der Waals surface area contributed by atoms with Crippen LogP contribution in [-0.4, -0.2) is 37.4 Å². The number of rotatable bonds is 4. The summed E-state index contributed by atoms with van der Waals surface area (Å²) in [6.45, 7) is 13.1. The van der Waals surface area contributed by atoms with E-state index in [1.807, 2.05) is 0 Å². The summed E-state index contributed by atoms with van der Waals surface area (Å²) in [4.78, 5) is 25.3. The fourth-order valence-electron chi connectivity index (χ4n) is 2.09. The van der Waals surface area contributed by atoms with E-state index in [1.54, 1.807) is 6.92 Å². The minimum Gasteiger partial charge on any atom is -0.412 e. The van der Waals surface area contributed by atoms with Crippen molar-refractivity contribution in [2.75, 3.05) is 13.2 Å². The van der Waals surface area contributed by atoms with Crippen LogP contribution in [0.15, 0.2) is 21.9 Å². The normalized spacial score (nSPS) is 25.7. The van der Waals surface area contributed by atoms with Gasteiger partial charge in [-0.05, 0) is 25.1 Å². The van der Waals surface area contributed by atoms with Crippen LogP contribution in [0, 0.1) is 0 Å². The Labute approximate surface area is 136 Å². The summed E-state index contributed by atoms with van der Waals surface area (Å²) in [6, 6.07) is 1.29. The molecule has 1 aromatic heterocycles. The smallest absolute Gasteiger partial charge is 0.330 e. The molecule has 130 valence electrons. The minimum absolute atomic E-state index is 0.102. The van der Waals surface area contributed by atoms with Crippen LogP contribution in [0.1, 0.15) is 27.7 Å². The van der Waals surface area contributed by atoms with Crippen molar-refractivity contribution in [3.63, 3.8) is 0 Å². The molecule has 1 aliphatic rings. The van der Waals surface area contributed by atoms with Gasteiger partial charge in [-0.3, -0.25) is 14.3 Å². The number of H-pyrrole nitrogens is 1. The number of hydrogen-bond acceptors (Lipinski definition) is 5. The van der Waals surface area contributed by atoms with Crippen molar-refractivity contribution in [1.82, 2.24) is 9.55 Å². The van der Waals surface area contributed by atoms with E-state index in [0.717, 1.165) is 0 Å². The first-order valence-corrected chi connectivity index (χ1v) is 10.6. The zero-order valence-electron chi connectivity index (χ0n) is 14.6. The van der Waals surface area contributed by atoms with Crippen LogP contribution in [0.3, 0.4) is 0 Å². The van der Waals surface area contributed by atoms with Crippen molar-refractivity contribution in [3.05, 3.63) is 33.1 Å². The number of aromatic nitrogens is 2. The second kappa shape index (κ2) is 6.01. The van der Waals surface area contributed by atoms with Gasteiger partial charge in [-0.2, -0.15) is 0 Å². The molecule has 7 nitrogen and oxygen atoms in total. The predicted molar refractivity (Wildman–Crippen MR) is 88.9 cm³/mol. The van der Waals surface area contributed by atoms with E-state index in [1.165, 1.54) is 16.8 Å². The predicted octanol–water partition coefficient (Wildman–Crippen LogP) is 1.60. The molecular formula is C15H26N2O5Si. The van der Waals surface area contributed by atoms with Gasteiger partial charge >= 0.3 is 5.69 Å². The third-order valence-electron chi connectivity index (χ3n) is 4.64. The maximum Gasteiger partial charge on any atom is 0.330 e. The molecule has 0 spiro atoms. The number of ether oxygens (including phenoxy) is 2. The maximum atomic E-state index is 11.9. The quantitative estimate of drug-likeness (QED) is 0.841. The summed E-state index contributed by atoms with van der Waals surface area (Å²) in [5, 5.41) is 0.102. The van der Waals surface area contributed by atoms with Crippen LogP contribution in [0.2, 0.25) is 18.1 Å². The molecule has 1 aromatic rings. The van der Waals surface area contributed by atoms with Gasteiger partial charge in [0, 0.05) is 12.3 Å². The van der Waals surface area contributed by atoms with Crippen LogP contribution < -0.4 is 11.2 Å². The highest BCUT2D eigenvalue weighted by atomic mass is 28.4. The Morgan fingerprint density at radius 3 is 2.65 bits per heavy atom. The molecule has 0 amide bonds. The summed E-state index contributed by atoms with van der Waals surface area (Å²) in [5.74, 6) is 0. The lowest BCUT2D eigenvalue weighted by Crippen LogP contribution is -2.45. The van der Waals surface area contributed by atoms with Gasteiger partial charge in [0.2, 0.25) is 0 Å². The van der Waals surface area contributed by atoms with Crippen molar-refractivity contribution >= 4 is 8.32 Å². The lowest BCUT2D eigenvalue weighted by molar-refractivity contribution is -0.131. The third-order valence-corrected chi connectivity index (χ3v) is 9.14. The standard InChI is InChI=1S/C15H26N2O5Si/c1-14(2,3)23(5,6)21-9-12-20-10-15(4,22-12)17-8-7-11(18)16-13(17)19/h7-8,12H,9-10H2,1-6H3,(H,16,18,19)/t12-,15-/m0/s1. The Bertz CT molecular complexity index is 675. The molecule has 0 unspecified atom stereocenters. The summed E-state index contributed by atoms with van der Waals surface area (Å²) < 4.78 is 19.0. The van der Waals surface area contributed by atoms with Crippen LogP contribution in [0.4, 0.5) is 0 Å². The number of hydrogen-bond donors (Lipinski definition) is 1. The van der Waals surface area contributed by atoms with Gasteiger partial charge < -0.3 is 13.9 Å². The van der Waals surface area contributed by atoms with Gasteiger partial charge in [-0.25, -0.2) is 4.79 Å². The van der Waals surface area contributed by atoms with E-state index in [9.17, 15) is 9.59 Å². The van der Waals surface area contributed by atoms with E-state index in [2.05, 4.69) is 38.8 Å². The molecule has 1 fully saturated rings. The van der Waals surface area contributed by atoms with Gasteiger partial charge in [0.15, 0.2) is 20.3 Å². The highest BCUT2D eigenvalue weighted by Crippen LogP contribution is 2.37. The third kappa shape index (κ3) is 3.82. The highest BCUT2D eigenvalue weighted by Gasteiger charge is 2.42. The molecule has 0 aliphatic carbocycles. The summed E-state index contributed by atoms with van der Waals surface area (Å²) in [7, 11) is -1.89. The Morgan fingerprint density at radius 2 is 2.09 bits per heavy atom. The van der Waals surface area contributed by atoms with Gasteiger partial charge in [0.1, 0.15) is 0 Å². The van der Waals surface area contributed by atoms with Gasteiger partial charge in [-0.15, -0.1) is 0 Å². The zero-order chi connectivity index (χ0) is 17.5. The lowest BCUT2D eigenvalue weighted by atomic mass is 10.2. The Morgan fingerprint density at radius 1 is 1.43 bits per heavy atom. The monoisotopic (exact) mass is 342 g/mol. The van der Waals surface area contributed by atoms with E-state index in [4.69, 9.17) is 13.9 Å². The van der Waals surface area contributed by atoms with Crippen molar-refractivity contribution in [2.45, 2.75) is 57.8 Å². The van der Waals surface area contributed by atoms with E-state index < -0.39 is 31.6 Å². The van der Waals surface area contributed by atoms with Gasteiger partial charge in [0.05, 0.1) is 13.2 Å². The fourth-order valence-corrected chi connectivity index (χ4v) is 3.08. The summed E-state index contributed by atoms with van der Waals surface area (Å²) >= 11 is 0.